The van der Waals surface area contributed by atoms with E-state index in [1.165, 1.54) is 7.05 Å². The number of carbonyl (C=O) groups is 5. The molecule has 0 saturated heterocycles. The summed E-state index contributed by atoms with van der Waals surface area (Å²) in [6.07, 6.45) is 0.700. The van der Waals surface area contributed by atoms with E-state index in [1.807, 2.05) is 0 Å². The lowest BCUT2D eigenvalue weighted by Gasteiger charge is -2.28. The average molecular weight is 673 g/mol. The smallest absolute Gasteiger partial charge is 0.480 e. The zero-order valence-corrected chi connectivity index (χ0v) is 25.9. The number of carboxylic acids is 2. The van der Waals surface area contributed by atoms with E-state index < -0.39 is 53.8 Å². The van der Waals surface area contributed by atoms with Crippen LogP contribution < -0.4 is 33.2 Å². The first-order valence-electron chi connectivity index (χ1n) is 14.8. The Balaban J connectivity index is 0.00000141. The van der Waals surface area contributed by atoms with E-state index in [0.717, 1.165) is 32.1 Å². The number of amides is 3. The summed E-state index contributed by atoms with van der Waals surface area (Å²) in [7, 11) is 1.42. The highest BCUT2D eigenvalue weighted by molar-refractivity contribution is 6.02. The fraction of sp³-hybridized carbons (Fsp3) is 0.552. The van der Waals surface area contributed by atoms with Crippen LogP contribution in [-0.2, 0) is 30.4 Å². The third-order valence-electron chi connectivity index (χ3n) is 7.31. The summed E-state index contributed by atoms with van der Waals surface area (Å²) >= 11 is 0. The largest absolute Gasteiger partial charge is 0.490 e. The number of carboxylic acid groups (broad SMARTS) is 2. The third-order valence-corrected chi connectivity index (χ3v) is 7.31. The number of nitrogens with two attached hydrogens (primary N) is 3. The van der Waals surface area contributed by atoms with Crippen molar-refractivity contribution in [2.24, 2.45) is 34.0 Å². The van der Waals surface area contributed by atoms with Gasteiger partial charge in [0.25, 0.3) is 0 Å². The molecule has 2 rings (SSSR count). The van der Waals surface area contributed by atoms with Gasteiger partial charge in [0.1, 0.15) is 23.8 Å². The van der Waals surface area contributed by atoms with Crippen LogP contribution in [0.1, 0.15) is 62.5 Å². The van der Waals surface area contributed by atoms with Crippen LogP contribution in [0.15, 0.2) is 29.3 Å². The lowest BCUT2D eigenvalue weighted by molar-refractivity contribution is -0.192. The summed E-state index contributed by atoms with van der Waals surface area (Å²) in [5, 5.41) is 32.1. The van der Waals surface area contributed by atoms with Gasteiger partial charge in [-0.3, -0.25) is 24.8 Å². The summed E-state index contributed by atoms with van der Waals surface area (Å²) in [6.45, 7) is 0.214. The first kappa shape index (κ1) is 40.1. The molecule has 0 bridgehead atoms. The molecule has 0 heterocycles. The van der Waals surface area contributed by atoms with Gasteiger partial charge in [0.2, 0.25) is 17.7 Å². The highest BCUT2D eigenvalue weighted by Gasteiger charge is 2.38. The van der Waals surface area contributed by atoms with Crippen molar-refractivity contribution in [1.29, 1.82) is 5.41 Å². The molecule has 0 aliphatic heterocycles. The van der Waals surface area contributed by atoms with Crippen molar-refractivity contribution in [2.75, 3.05) is 13.6 Å². The van der Waals surface area contributed by atoms with Gasteiger partial charge in [-0.15, -0.1) is 0 Å². The van der Waals surface area contributed by atoms with Gasteiger partial charge in [-0.05, 0) is 37.2 Å². The Morgan fingerprint density at radius 2 is 1.49 bits per heavy atom. The van der Waals surface area contributed by atoms with Crippen molar-refractivity contribution in [3.8, 4) is 0 Å². The molecule has 262 valence electrons. The van der Waals surface area contributed by atoms with Crippen molar-refractivity contribution in [1.82, 2.24) is 16.0 Å². The molecule has 1 saturated carbocycles. The maximum atomic E-state index is 13.4. The predicted molar refractivity (Wildman–Crippen MR) is 165 cm³/mol. The number of aliphatic imine (C=N–C) groups is 1. The van der Waals surface area contributed by atoms with E-state index >= 15 is 0 Å². The van der Waals surface area contributed by atoms with E-state index in [2.05, 4.69) is 20.9 Å². The first-order valence-corrected chi connectivity index (χ1v) is 14.8. The molecule has 1 aliphatic carbocycles. The van der Waals surface area contributed by atoms with Crippen LogP contribution >= 0.6 is 0 Å². The van der Waals surface area contributed by atoms with Crippen LogP contribution in [0.3, 0.4) is 0 Å². The Morgan fingerprint density at radius 1 is 0.936 bits per heavy atom. The summed E-state index contributed by atoms with van der Waals surface area (Å²) in [4.78, 5) is 64.0. The zero-order chi connectivity index (χ0) is 35.7. The molecular weight excluding hydrogens is 629 g/mol. The summed E-state index contributed by atoms with van der Waals surface area (Å²) < 4.78 is 31.7. The number of aliphatic carboxylic acids is 2. The van der Waals surface area contributed by atoms with Gasteiger partial charge in [-0.25, -0.2) is 9.59 Å². The number of nitrogen functional groups attached to an aromatic ring is 1. The molecule has 18 heteroatoms. The molecule has 47 heavy (non-hydrogen) atoms. The van der Waals surface area contributed by atoms with Crippen LogP contribution in [0.25, 0.3) is 0 Å². The lowest BCUT2D eigenvalue weighted by atomic mass is 9.84. The van der Waals surface area contributed by atoms with Crippen LogP contribution in [0.2, 0.25) is 0 Å². The second kappa shape index (κ2) is 19.6. The van der Waals surface area contributed by atoms with Gasteiger partial charge in [0.15, 0.2) is 5.96 Å². The van der Waals surface area contributed by atoms with Gasteiger partial charge >= 0.3 is 18.1 Å². The summed E-state index contributed by atoms with van der Waals surface area (Å²) in [6, 6.07) is 4.44. The first-order chi connectivity index (χ1) is 22.0. The van der Waals surface area contributed by atoms with Gasteiger partial charge in [-0.2, -0.15) is 13.2 Å². The summed E-state index contributed by atoms with van der Waals surface area (Å²) in [5.74, 6) is -6.89. The number of hydrogen-bond acceptors (Lipinski definition) is 7. The number of benzene rings is 1. The minimum atomic E-state index is -5.08. The van der Waals surface area contributed by atoms with Crippen molar-refractivity contribution in [3.63, 3.8) is 0 Å². The number of halogens is 3. The molecule has 0 radical (unpaired) electrons. The molecule has 3 atom stereocenters. The SMILES string of the molecule is CNC(=O)[C@H](Cc1ccc(C(=N)N)cc1)C(=O)N[C@@H](CC1CCCCC1)C(=O)NC(CCCN=C(N)N)C(=O)O.O=C(O)C(F)(F)F. The maximum absolute atomic E-state index is 13.4. The Hall–Kier alpha value is -4.90. The van der Waals surface area contributed by atoms with Gasteiger partial charge in [0, 0.05) is 19.2 Å². The molecule has 3 amide bonds. The van der Waals surface area contributed by atoms with Crippen LogP contribution in [0, 0.1) is 17.2 Å². The van der Waals surface area contributed by atoms with Crippen molar-refractivity contribution in [2.45, 2.75) is 76.0 Å². The summed E-state index contributed by atoms with van der Waals surface area (Å²) in [5.41, 5.74) is 17.3. The van der Waals surface area contributed by atoms with Gasteiger partial charge in [0.05, 0.1) is 0 Å². The molecule has 0 aromatic heterocycles. The zero-order valence-electron chi connectivity index (χ0n) is 25.9. The second-order valence-corrected chi connectivity index (χ2v) is 10.9. The standard InChI is InChI=1S/C27H42N8O5.C2HF3O2/c1-32-23(36)19(14-17-9-11-18(12-10-17)22(28)29)24(37)35-21(15-16-6-3-2-4-7-16)25(38)34-20(26(39)40)8-5-13-33-27(30)31;3-2(4,5)1(6)7/h9-12,16,19-21H,2-8,13-15H2,1H3,(H3,28,29)(H,32,36)(H,34,38)(H,35,37)(H,39,40)(H4,30,31,33);(H,6,7)/t19-,20?,21-;/m0./s1. The van der Waals surface area contributed by atoms with E-state index in [-0.39, 0.29) is 37.1 Å². The fourth-order valence-corrected chi connectivity index (χ4v) is 4.83. The second-order valence-electron chi connectivity index (χ2n) is 10.9. The van der Waals surface area contributed by atoms with Crippen LogP contribution in [0.4, 0.5) is 13.2 Å². The number of amidine groups is 1. The molecule has 1 aromatic rings. The number of rotatable bonds is 15. The molecule has 1 fully saturated rings. The van der Waals surface area contributed by atoms with E-state index in [1.54, 1.807) is 24.3 Å². The highest BCUT2D eigenvalue weighted by atomic mass is 19.4. The normalized spacial score (nSPS) is 15.0. The topological polar surface area (TPSA) is 276 Å². The van der Waals surface area contributed by atoms with Crippen molar-refractivity contribution < 1.29 is 47.4 Å². The Bertz CT molecular complexity index is 1270. The third kappa shape index (κ3) is 15.3. The molecule has 12 N–H and O–H groups in total. The maximum Gasteiger partial charge on any atom is 0.490 e. The van der Waals surface area contributed by atoms with Crippen molar-refractivity contribution >= 4 is 41.5 Å². The minimum Gasteiger partial charge on any atom is -0.480 e. The predicted octanol–water partition coefficient (Wildman–Crippen LogP) is 0.587. The molecule has 15 nitrogen and oxygen atoms in total. The number of nitrogens with zero attached hydrogens (tertiary/aromatic N) is 1. The monoisotopic (exact) mass is 672 g/mol. The number of carbonyl (C=O) groups excluding carboxylic acids is 3. The number of alkyl halides is 3. The van der Waals surface area contributed by atoms with Gasteiger partial charge < -0.3 is 43.4 Å². The Labute approximate surface area is 269 Å². The van der Waals surface area contributed by atoms with Crippen LogP contribution in [-0.4, -0.2) is 83.5 Å². The number of guanidine groups is 1. The Morgan fingerprint density at radius 3 is 1.96 bits per heavy atom. The molecule has 1 aliphatic rings. The average Bonchev–Trinajstić information content (AvgIpc) is 3.00. The van der Waals surface area contributed by atoms with E-state index in [0.29, 0.717) is 24.0 Å². The van der Waals surface area contributed by atoms with Crippen molar-refractivity contribution in [3.05, 3.63) is 35.4 Å². The number of nitrogens with one attached hydrogen (secondary N) is 4. The molecule has 1 unspecified atom stereocenters. The molecule has 0 spiro atoms. The number of hydrogen-bond donors (Lipinski definition) is 9. The molecular formula is C29H43F3N8O7. The lowest BCUT2D eigenvalue weighted by Crippen LogP contribution is -2.54. The van der Waals surface area contributed by atoms with E-state index in [9.17, 15) is 37.5 Å². The van der Waals surface area contributed by atoms with Gasteiger partial charge in [-0.1, -0.05) is 56.4 Å². The fourth-order valence-electron chi connectivity index (χ4n) is 4.83. The van der Waals surface area contributed by atoms with E-state index in [4.69, 9.17) is 32.5 Å². The highest BCUT2D eigenvalue weighted by Crippen LogP contribution is 2.27. The minimum absolute atomic E-state index is 0.0595. The van der Waals surface area contributed by atoms with Crippen LogP contribution in [0.5, 0.6) is 0 Å². The molecule has 1 aromatic carbocycles. The Kier molecular flexibility index (Phi) is 16.7. The quantitative estimate of drug-likeness (QED) is 0.0541.